The highest BCUT2D eigenvalue weighted by Crippen LogP contribution is 2.63. The first-order valence-electron chi connectivity index (χ1n) is 10.5. The van der Waals surface area contributed by atoms with Crippen molar-refractivity contribution in [3.63, 3.8) is 0 Å². The Labute approximate surface area is 186 Å². The average Bonchev–Trinajstić information content (AvgIpc) is 2.75. The molecule has 10 N–H and O–H groups in total. The van der Waals surface area contributed by atoms with E-state index < -0.39 is 97.5 Å². The second kappa shape index (κ2) is 7.47. The molecule has 1 saturated carbocycles. The molecule has 0 radical (unpaired) electrons. The van der Waals surface area contributed by atoms with E-state index in [0.717, 1.165) is 0 Å². The molecule has 0 amide bonds. The van der Waals surface area contributed by atoms with E-state index >= 15 is 0 Å². The molecule has 15 nitrogen and oxygen atoms in total. The molecule has 188 valence electrons. The fraction of sp³-hybridized carbons (Fsp3) is 0.944. The van der Waals surface area contributed by atoms with E-state index in [4.69, 9.17) is 24.7 Å². The van der Waals surface area contributed by atoms with Gasteiger partial charge in [-0.2, -0.15) is 0 Å². The fourth-order valence-corrected chi connectivity index (χ4v) is 5.98. The largest absolute Gasteiger partial charge is 0.805 e. The Hall–Kier alpha value is -1.05. The number of amidine groups is 1. The first-order valence-corrected chi connectivity index (χ1v) is 10.5. The van der Waals surface area contributed by atoms with Gasteiger partial charge >= 0.3 is 0 Å². The Morgan fingerprint density at radius 2 is 1.73 bits per heavy atom. The van der Waals surface area contributed by atoms with Crippen LogP contribution >= 0.6 is 0 Å². The zero-order chi connectivity index (χ0) is 24.1. The lowest BCUT2D eigenvalue weighted by molar-refractivity contribution is -0.715. The molecule has 4 saturated heterocycles. The zero-order valence-corrected chi connectivity index (χ0v) is 17.1. The van der Waals surface area contributed by atoms with E-state index in [2.05, 4.69) is 4.99 Å². The summed E-state index contributed by atoms with van der Waals surface area (Å²) in [5, 5.41) is 96.3. The smallest absolute Gasteiger partial charge is 0.186 e. The third kappa shape index (κ3) is 2.94. The van der Waals surface area contributed by atoms with Gasteiger partial charge in [-0.3, -0.25) is 0 Å². The van der Waals surface area contributed by atoms with Crippen molar-refractivity contribution in [1.29, 1.82) is 0 Å². The van der Waals surface area contributed by atoms with Crippen molar-refractivity contribution in [1.82, 2.24) is 0 Å². The average molecular weight is 479 g/mol. The molecule has 0 aromatic rings. The molecule has 5 fully saturated rings. The van der Waals surface area contributed by atoms with Crippen molar-refractivity contribution in [2.45, 2.75) is 79.3 Å². The predicted octanol–water partition coefficient (Wildman–Crippen LogP) is -7.24. The second-order valence-corrected chi connectivity index (χ2v) is 9.38. The van der Waals surface area contributed by atoms with Gasteiger partial charge in [0.2, 0.25) is 0 Å². The van der Waals surface area contributed by atoms with Gasteiger partial charge in [0.15, 0.2) is 12.5 Å². The number of aliphatic imine (C=N–C) groups is 1. The fourth-order valence-electron chi connectivity index (χ4n) is 5.98. The van der Waals surface area contributed by atoms with Crippen LogP contribution in [0.15, 0.2) is 4.99 Å². The highest BCUT2D eigenvalue weighted by molar-refractivity contribution is 5.82. The van der Waals surface area contributed by atoms with Crippen molar-refractivity contribution < 1.29 is 64.9 Å². The molecular weight excluding hydrogens is 452 g/mol. The quantitative estimate of drug-likeness (QED) is 0.181. The van der Waals surface area contributed by atoms with Gasteiger partial charge in [-0.25, -0.2) is 4.99 Å². The first kappa shape index (κ1) is 23.7. The molecule has 5 heterocycles. The lowest BCUT2D eigenvalue weighted by Gasteiger charge is -2.75. The van der Waals surface area contributed by atoms with Gasteiger partial charge in [0.1, 0.15) is 54.3 Å². The van der Waals surface area contributed by atoms with Crippen LogP contribution in [-0.4, -0.2) is 133 Å². The zero-order valence-electron chi connectivity index (χ0n) is 17.1. The molecule has 0 aromatic carbocycles. The summed E-state index contributed by atoms with van der Waals surface area (Å²) >= 11 is 0. The predicted molar refractivity (Wildman–Crippen MR) is 97.3 cm³/mol. The summed E-state index contributed by atoms with van der Waals surface area (Å²) in [5.74, 6) is -4.25. The van der Waals surface area contributed by atoms with Crippen LogP contribution in [0, 0.1) is 11.3 Å². The summed E-state index contributed by atoms with van der Waals surface area (Å²) in [6.07, 6.45) is -16.8. The third-order valence-electron chi connectivity index (χ3n) is 7.63. The summed E-state index contributed by atoms with van der Waals surface area (Å²) in [7, 11) is 0. The van der Waals surface area contributed by atoms with E-state index in [1.807, 2.05) is 0 Å². The number of nitrogens with zero attached hydrogens (tertiary/aromatic N) is 1. The summed E-state index contributed by atoms with van der Waals surface area (Å²) < 4.78 is 21.2. The van der Waals surface area contributed by atoms with Gasteiger partial charge in [-0.1, -0.05) is 0 Å². The van der Waals surface area contributed by atoms with Crippen molar-refractivity contribution in [2.75, 3.05) is 13.2 Å². The van der Waals surface area contributed by atoms with Gasteiger partial charge in [0.05, 0.1) is 25.2 Å². The van der Waals surface area contributed by atoms with Crippen molar-refractivity contribution >= 4 is 5.84 Å². The summed E-state index contributed by atoms with van der Waals surface area (Å²) in [6.45, 7) is -1.51. The van der Waals surface area contributed by atoms with Crippen molar-refractivity contribution in [2.24, 2.45) is 22.1 Å². The Kier molecular flexibility index (Phi) is 5.36. The second-order valence-electron chi connectivity index (χ2n) is 9.38. The minimum absolute atomic E-state index is 0.108. The van der Waals surface area contributed by atoms with E-state index in [1.165, 1.54) is 0 Å². The summed E-state index contributed by atoms with van der Waals surface area (Å²) in [5.41, 5.74) is 1.75. The Morgan fingerprint density at radius 3 is 2.39 bits per heavy atom. The Balaban J connectivity index is 1.45. The normalized spacial score (nSPS) is 59.9. The molecule has 15 heteroatoms. The third-order valence-corrected chi connectivity index (χ3v) is 7.63. The van der Waals surface area contributed by atoms with Gasteiger partial charge in [0.25, 0.3) is 0 Å². The molecule has 9 unspecified atom stereocenters. The lowest BCUT2D eigenvalue weighted by Crippen LogP contribution is -2.92. The number of nitrogens with two attached hydrogens (primary N) is 1. The molecule has 33 heavy (non-hydrogen) atoms. The Bertz CT molecular complexity index is 831. The van der Waals surface area contributed by atoms with Crippen molar-refractivity contribution in [3.8, 4) is 0 Å². The number of hydrogen-bond acceptors (Lipinski definition) is 15. The molecule has 0 aromatic heterocycles. The summed E-state index contributed by atoms with van der Waals surface area (Å²) in [4.78, 5) is 3.84. The first-order chi connectivity index (χ1) is 15.4. The molecule has 1 aliphatic carbocycles. The van der Waals surface area contributed by atoms with Crippen LogP contribution in [0.1, 0.15) is 6.42 Å². The minimum Gasteiger partial charge on any atom is -0.805 e. The van der Waals surface area contributed by atoms with Crippen LogP contribution in [0.3, 0.4) is 0 Å². The van der Waals surface area contributed by atoms with Crippen LogP contribution in [-0.2, 0) is 18.9 Å². The van der Waals surface area contributed by atoms with E-state index in [9.17, 15) is 46.0 Å². The van der Waals surface area contributed by atoms with E-state index in [0.29, 0.717) is 0 Å². The number of rotatable bonds is 4. The van der Waals surface area contributed by atoms with E-state index in [-0.39, 0.29) is 12.3 Å². The standard InChI is InChI=1S/C18H27N2O13/c19-5-1-16-6(13(26)20-5)11-17(28,12(10(16)25)33-18(29,32-11)15(16)27)3-30-14-9(24)8(23)7(22)4(2-21)31-14/h4,6-15,21-28H,1-3H2,(H2,19,20)/q-1/t4-,6?,7+,8+,9-,10?,11?,12?,13?,14?,15+,16?,17?,18?/m1/s1. The Morgan fingerprint density at radius 1 is 1.06 bits per heavy atom. The van der Waals surface area contributed by atoms with Crippen LogP contribution in [0.2, 0.25) is 0 Å². The summed E-state index contributed by atoms with van der Waals surface area (Å²) in [6, 6.07) is 0. The maximum absolute atomic E-state index is 13.1. The number of ether oxygens (including phenoxy) is 4. The molecule has 6 aliphatic rings. The maximum Gasteiger partial charge on any atom is 0.186 e. The molecule has 5 aliphatic heterocycles. The molecule has 1 spiro atoms. The number of aliphatic hydroxyl groups excluding tert-OH is 7. The van der Waals surface area contributed by atoms with Crippen molar-refractivity contribution in [3.05, 3.63) is 0 Å². The van der Waals surface area contributed by atoms with Gasteiger partial charge in [-0.15, -0.1) is 0 Å². The van der Waals surface area contributed by atoms with Gasteiger partial charge < -0.3 is 70.6 Å². The highest BCUT2D eigenvalue weighted by atomic mass is 16.9. The molecule has 14 atom stereocenters. The lowest BCUT2D eigenvalue weighted by atomic mass is 9.49. The SMILES string of the molecule is NC1=NC(O)C2C3OC4([O-])OC(C(O)C2(C1)[C@@H]4O)C3(O)COC1O[C@H](CO)[C@H](O)[C@H](O)[C@H]1O. The van der Waals surface area contributed by atoms with Crippen LogP contribution < -0.4 is 10.8 Å². The van der Waals surface area contributed by atoms with Crippen LogP contribution in [0.5, 0.6) is 0 Å². The van der Waals surface area contributed by atoms with Crippen LogP contribution in [0.4, 0.5) is 0 Å². The van der Waals surface area contributed by atoms with Gasteiger partial charge in [-0.05, 0) is 0 Å². The number of hydrogen-bond donors (Lipinski definition) is 9. The molecule has 6 rings (SSSR count). The van der Waals surface area contributed by atoms with Gasteiger partial charge in [0, 0.05) is 17.8 Å². The molecule has 4 bridgehead atoms. The van der Waals surface area contributed by atoms with E-state index in [1.54, 1.807) is 0 Å². The number of aliphatic hydroxyl groups is 8. The minimum atomic E-state index is -2.86. The monoisotopic (exact) mass is 479 g/mol. The topological polar surface area (TPSA) is 260 Å². The highest BCUT2D eigenvalue weighted by Gasteiger charge is 2.79. The maximum atomic E-state index is 13.1. The molecular formula is C18H27N2O13-. The van der Waals surface area contributed by atoms with Crippen LogP contribution in [0.25, 0.3) is 0 Å².